The first-order valence-electron chi connectivity index (χ1n) is 5.51. The van der Waals surface area contributed by atoms with Crippen molar-refractivity contribution in [2.75, 3.05) is 24.6 Å². The maximum Gasteiger partial charge on any atom is 0.406 e. The van der Waals surface area contributed by atoms with Crippen molar-refractivity contribution in [3.8, 4) is 0 Å². The van der Waals surface area contributed by atoms with Crippen LogP contribution in [0.3, 0.4) is 0 Å². The van der Waals surface area contributed by atoms with Crippen LogP contribution in [0, 0.1) is 0 Å². The van der Waals surface area contributed by atoms with Gasteiger partial charge in [-0.2, -0.15) is 13.2 Å². The first kappa shape index (κ1) is 13.5. The van der Waals surface area contributed by atoms with E-state index in [1.807, 2.05) is 0 Å². The molecule has 8 heteroatoms. The molecule has 0 spiro atoms. The van der Waals surface area contributed by atoms with Crippen LogP contribution >= 0.6 is 0 Å². The molecule has 102 valence electrons. The number of aliphatic hydroxyl groups excluding tert-OH is 1. The molecule has 1 aromatic carbocycles. The molecule has 1 aromatic heterocycles. The van der Waals surface area contributed by atoms with E-state index in [4.69, 9.17) is 5.11 Å². The maximum absolute atomic E-state index is 12.4. The lowest BCUT2D eigenvalue weighted by Gasteiger charge is -2.22. The second kappa shape index (κ2) is 5.35. The number of benzene rings is 1. The summed E-state index contributed by atoms with van der Waals surface area (Å²) in [5, 5.41) is 16.3. The van der Waals surface area contributed by atoms with E-state index >= 15 is 0 Å². The number of para-hydroxylation sites is 1. The molecule has 0 unspecified atom stereocenters. The van der Waals surface area contributed by atoms with Gasteiger partial charge in [0.2, 0.25) is 5.95 Å². The highest BCUT2D eigenvalue weighted by atomic mass is 19.4. The molecule has 1 heterocycles. The Kier molecular flexibility index (Phi) is 3.79. The van der Waals surface area contributed by atoms with Crippen molar-refractivity contribution in [2.24, 2.45) is 0 Å². The van der Waals surface area contributed by atoms with E-state index in [0.29, 0.717) is 11.0 Å². The summed E-state index contributed by atoms with van der Waals surface area (Å²) in [5.74, 6) is -0.148. The summed E-state index contributed by atoms with van der Waals surface area (Å²) in [6.07, 6.45) is -4.40. The third kappa shape index (κ3) is 3.50. The molecule has 0 saturated carbocycles. The van der Waals surface area contributed by atoms with Crippen LogP contribution in [0.1, 0.15) is 0 Å². The summed E-state index contributed by atoms with van der Waals surface area (Å²) in [6, 6.07) is 6.75. The Morgan fingerprint density at radius 1 is 1.11 bits per heavy atom. The largest absolute Gasteiger partial charge is 0.406 e. The van der Waals surface area contributed by atoms with Gasteiger partial charge in [0.25, 0.3) is 0 Å². The molecule has 5 nitrogen and oxygen atoms in total. The van der Waals surface area contributed by atoms with E-state index in [1.54, 1.807) is 24.3 Å². The van der Waals surface area contributed by atoms with Gasteiger partial charge >= 0.3 is 6.18 Å². The molecule has 2 rings (SSSR count). The van der Waals surface area contributed by atoms with Gasteiger partial charge in [0.15, 0.2) is 0 Å². The fourth-order valence-corrected chi connectivity index (χ4v) is 1.59. The number of hydrogen-bond donors (Lipinski definition) is 1. The van der Waals surface area contributed by atoms with E-state index in [-0.39, 0.29) is 12.5 Å². The van der Waals surface area contributed by atoms with Gasteiger partial charge < -0.3 is 10.0 Å². The Labute approximate surface area is 106 Å². The molecular formula is C11H11F3N4O. The normalized spacial score (nSPS) is 11.8. The number of anilines is 1. The summed E-state index contributed by atoms with van der Waals surface area (Å²) in [7, 11) is 0. The number of rotatable bonds is 4. The topological polar surface area (TPSA) is 62.1 Å². The molecule has 2 aromatic rings. The van der Waals surface area contributed by atoms with Gasteiger partial charge in [0.1, 0.15) is 12.1 Å². The van der Waals surface area contributed by atoms with Crippen molar-refractivity contribution in [1.82, 2.24) is 15.2 Å². The second-order valence-electron chi connectivity index (χ2n) is 3.86. The van der Waals surface area contributed by atoms with E-state index in [0.717, 1.165) is 4.90 Å². The summed E-state index contributed by atoms with van der Waals surface area (Å²) >= 11 is 0. The third-order valence-corrected chi connectivity index (χ3v) is 2.37. The molecule has 0 atom stereocenters. The van der Waals surface area contributed by atoms with Crippen LogP contribution in [0.25, 0.3) is 11.0 Å². The SMILES string of the molecule is OCCN(CC(F)(F)F)c1nnc2ccccc2n1. The van der Waals surface area contributed by atoms with Crippen LogP contribution in [-0.2, 0) is 0 Å². The zero-order valence-electron chi connectivity index (χ0n) is 9.80. The van der Waals surface area contributed by atoms with Crippen LogP contribution in [0.5, 0.6) is 0 Å². The Hall–Kier alpha value is -1.96. The first-order chi connectivity index (χ1) is 8.99. The summed E-state index contributed by atoms with van der Waals surface area (Å²) in [6.45, 7) is -1.86. The van der Waals surface area contributed by atoms with Gasteiger partial charge in [0.05, 0.1) is 12.1 Å². The lowest BCUT2D eigenvalue weighted by atomic mass is 10.3. The van der Waals surface area contributed by atoms with Crippen LogP contribution in [-0.4, -0.2) is 46.2 Å². The molecule has 0 fully saturated rings. The van der Waals surface area contributed by atoms with Gasteiger partial charge in [-0.1, -0.05) is 12.1 Å². The Morgan fingerprint density at radius 2 is 1.79 bits per heavy atom. The number of aliphatic hydroxyl groups is 1. The van der Waals surface area contributed by atoms with Crippen LogP contribution in [0.4, 0.5) is 19.1 Å². The smallest absolute Gasteiger partial charge is 0.395 e. The lowest BCUT2D eigenvalue weighted by molar-refractivity contribution is -0.120. The molecular weight excluding hydrogens is 261 g/mol. The molecule has 0 aliphatic rings. The number of halogens is 3. The number of nitrogens with zero attached hydrogens (tertiary/aromatic N) is 4. The zero-order chi connectivity index (χ0) is 13.9. The fraction of sp³-hybridized carbons (Fsp3) is 0.364. The molecule has 1 N–H and O–H groups in total. The fourth-order valence-electron chi connectivity index (χ4n) is 1.59. The van der Waals surface area contributed by atoms with E-state index in [1.165, 1.54) is 0 Å². The van der Waals surface area contributed by atoms with Crippen molar-refractivity contribution < 1.29 is 18.3 Å². The van der Waals surface area contributed by atoms with Crippen LogP contribution in [0.15, 0.2) is 24.3 Å². The van der Waals surface area contributed by atoms with Crippen molar-refractivity contribution in [3.63, 3.8) is 0 Å². The first-order valence-corrected chi connectivity index (χ1v) is 5.51. The highest BCUT2D eigenvalue weighted by Gasteiger charge is 2.31. The Balaban J connectivity index is 2.33. The minimum atomic E-state index is -4.40. The highest BCUT2D eigenvalue weighted by Crippen LogP contribution is 2.20. The van der Waals surface area contributed by atoms with Gasteiger partial charge in [-0.3, -0.25) is 0 Å². The summed E-state index contributed by atoms with van der Waals surface area (Å²) in [5.41, 5.74) is 0.958. The van der Waals surface area contributed by atoms with Crippen LogP contribution in [0.2, 0.25) is 0 Å². The molecule has 0 aliphatic heterocycles. The second-order valence-corrected chi connectivity index (χ2v) is 3.86. The van der Waals surface area contributed by atoms with Crippen molar-refractivity contribution in [3.05, 3.63) is 24.3 Å². The molecule has 0 aliphatic carbocycles. The van der Waals surface area contributed by atoms with Gasteiger partial charge in [-0.15, -0.1) is 10.2 Å². The van der Waals surface area contributed by atoms with E-state index in [9.17, 15) is 13.2 Å². The van der Waals surface area contributed by atoms with Crippen molar-refractivity contribution >= 4 is 17.0 Å². The van der Waals surface area contributed by atoms with Gasteiger partial charge in [-0.25, -0.2) is 4.98 Å². The lowest BCUT2D eigenvalue weighted by Crippen LogP contribution is -2.37. The maximum atomic E-state index is 12.4. The summed E-state index contributed by atoms with van der Waals surface area (Å²) in [4.78, 5) is 4.87. The van der Waals surface area contributed by atoms with Crippen molar-refractivity contribution in [1.29, 1.82) is 0 Å². The number of alkyl halides is 3. The standard InChI is InChI=1S/C11H11F3N4O/c12-11(13,14)7-18(5-6-19)10-15-8-3-1-2-4-9(8)16-17-10/h1-4,19H,5-7H2. The predicted molar refractivity (Wildman–Crippen MR) is 62.7 cm³/mol. The minimum absolute atomic E-state index is 0.148. The van der Waals surface area contributed by atoms with Gasteiger partial charge in [-0.05, 0) is 12.1 Å². The molecule has 0 radical (unpaired) electrons. The molecule has 19 heavy (non-hydrogen) atoms. The van der Waals surface area contributed by atoms with Gasteiger partial charge in [0, 0.05) is 6.54 Å². The molecule has 0 bridgehead atoms. The number of aromatic nitrogens is 3. The highest BCUT2D eigenvalue weighted by molar-refractivity contribution is 5.74. The average molecular weight is 272 g/mol. The number of hydrogen-bond acceptors (Lipinski definition) is 5. The van der Waals surface area contributed by atoms with E-state index < -0.39 is 19.3 Å². The quantitative estimate of drug-likeness (QED) is 0.911. The van der Waals surface area contributed by atoms with Crippen molar-refractivity contribution in [2.45, 2.75) is 6.18 Å². The monoisotopic (exact) mass is 272 g/mol. The predicted octanol–water partition coefficient (Wildman–Crippen LogP) is 1.39. The third-order valence-electron chi connectivity index (χ3n) is 2.37. The summed E-state index contributed by atoms with van der Waals surface area (Å²) < 4.78 is 37.3. The average Bonchev–Trinajstić information content (AvgIpc) is 2.36. The molecule has 0 saturated heterocycles. The zero-order valence-corrected chi connectivity index (χ0v) is 9.80. The van der Waals surface area contributed by atoms with E-state index in [2.05, 4.69) is 15.2 Å². The molecule has 0 amide bonds. The Bertz CT molecular complexity index is 561. The van der Waals surface area contributed by atoms with Crippen LogP contribution < -0.4 is 4.90 Å². The minimum Gasteiger partial charge on any atom is -0.395 e. The number of fused-ring (bicyclic) bond motifs is 1. The Morgan fingerprint density at radius 3 is 2.42 bits per heavy atom.